The summed E-state index contributed by atoms with van der Waals surface area (Å²) in [5.41, 5.74) is -3.36. The topological polar surface area (TPSA) is 107 Å². The van der Waals surface area contributed by atoms with Gasteiger partial charge in [0, 0.05) is 12.6 Å². The van der Waals surface area contributed by atoms with Crippen LogP contribution in [-0.2, 0) is 21.2 Å². The second-order valence-electron chi connectivity index (χ2n) is 9.27. The molecule has 1 aromatic carbocycles. The van der Waals surface area contributed by atoms with Gasteiger partial charge in [-0.1, -0.05) is 23.7 Å². The summed E-state index contributed by atoms with van der Waals surface area (Å²) >= 11 is 6.55. The van der Waals surface area contributed by atoms with Crippen molar-refractivity contribution in [3.63, 3.8) is 0 Å². The molecule has 0 bridgehead atoms. The summed E-state index contributed by atoms with van der Waals surface area (Å²) in [5, 5.41) is 13.8. The van der Waals surface area contributed by atoms with Crippen molar-refractivity contribution in [2.45, 2.75) is 57.0 Å². The molecule has 14 heteroatoms. The number of carbonyl (C=O) groups is 2. The Morgan fingerprint density at radius 1 is 1.37 bits per heavy atom. The van der Waals surface area contributed by atoms with Gasteiger partial charge < -0.3 is 15.4 Å². The minimum absolute atomic E-state index is 0. The van der Waals surface area contributed by atoms with Crippen LogP contribution in [0.3, 0.4) is 0 Å². The average Bonchev–Trinajstić information content (AvgIpc) is 2.79. The van der Waals surface area contributed by atoms with E-state index in [9.17, 15) is 27.2 Å². The van der Waals surface area contributed by atoms with E-state index in [0.29, 0.717) is 31.2 Å². The lowest BCUT2D eigenvalue weighted by Crippen LogP contribution is -2.63. The Bertz CT molecular complexity index is 1240. The zero-order valence-electron chi connectivity index (χ0n) is 20.3. The minimum Gasteiger partial charge on any atom is -0.378 e. The molecule has 206 valence electrons. The van der Waals surface area contributed by atoms with E-state index in [1.54, 1.807) is 13.0 Å². The number of hydrogen-bond donors (Lipinski definition) is 3. The molecule has 1 aromatic heterocycles. The molecule has 3 atom stereocenters. The summed E-state index contributed by atoms with van der Waals surface area (Å²) in [6.45, 7) is 4.05. The minimum atomic E-state index is -5.01. The van der Waals surface area contributed by atoms with Crippen molar-refractivity contribution in [2.24, 2.45) is 0 Å². The van der Waals surface area contributed by atoms with Gasteiger partial charge in [0.05, 0.1) is 40.5 Å². The number of ether oxygens (including phenoxy) is 1. The van der Waals surface area contributed by atoms with Crippen LogP contribution in [0, 0.1) is 11.2 Å². The highest BCUT2D eigenvalue weighted by Gasteiger charge is 2.44. The van der Waals surface area contributed by atoms with E-state index >= 15 is 0 Å². The van der Waals surface area contributed by atoms with E-state index in [0.717, 1.165) is 0 Å². The monoisotopic (exact) mass is 577 g/mol. The number of hydrogen-bond acceptors (Lipinski definition) is 5. The predicted octanol–water partition coefficient (Wildman–Crippen LogP) is 5.11. The van der Waals surface area contributed by atoms with E-state index < -0.39 is 34.7 Å². The molecule has 3 heterocycles. The van der Waals surface area contributed by atoms with Crippen LogP contribution >= 0.6 is 24.0 Å². The van der Waals surface area contributed by atoms with Gasteiger partial charge in [-0.15, -0.1) is 12.4 Å². The third kappa shape index (κ3) is 5.87. The number of rotatable bonds is 4. The maximum Gasteiger partial charge on any atom is 0.418 e. The van der Waals surface area contributed by atoms with Gasteiger partial charge in [-0.3, -0.25) is 19.9 Å². The van der Waals surface area contributed by atoms with Crippen LogP contribution in [0.15, 0.2) is 30.5 Å². The van der Waals surface area contributed by atoms with Crippen LogP contribution < -0.4 is 10.6 Å². The Hall–Kier alpha value is -2.96. The average molecular weight is 578 g/mol. The number of pyridine rings is 1. The quantitative estimate of drug-likeness (QED) is 0.438. The lowest BCUT2D eigenvalue weighted by atomic mass is 9.85. The Kier molecular flexibility index (Phi) is 8.59. The summed E-state index contributed by atoms with van der Waals surface area (Å²) in [4.78, 5) is 30.6. The van der Waals surface area contributed by atoms with Crippen molar-refractivity contribution in [1.82, 2.24) is 15.2 Å². The Balaban J connectivity index is 0.00000400. The molecular weight excluding hydrogens is 553 g/mol. The van der Waals surface area contributed by atoms with Gasteiger partial charge >= 0.3 is 6.18 Å². The van der Waals surface area contributed by atoms with Crippen LogP contribution in [-0.4, -0.2) is 46.4 Å². The first kappa shape index (κ1) is 29.6. The van der Waals surface area contributed by atoms with E-state index in [1.807, 2.05) is 6.92 Å². The van der Waals surface area contributed by atoms with Crippen LogP contribution in [0.2, 0.25) is 5.02 Å². The molecule has 3 N–H and O–H groups in total. The fourth-order valence-corrected chi connectivity index (χ4v) is 5.09. The normalized spacial score (nSPS) is 23.9. The maximum absolute atomic E-state index is 13.4. The molecule has 2 aromatic rings. The molecule has 2 aliphatic rings. The molecule has 2 aliphatic heterocycles. The van der Waals surface area contributed by atoms with Crippen molar-refractivity contribution in [3.8, 4) is 0 Å². The Labute approximate surface area is 227 Å². The third-order valence-electron chi connectivity index (χ3n) is 6.45. The lowest BCUT2D eigenvalue weighted by molar-refractivity contribution is -0.138. The number of nitrogens with zero attached hydrogens (tertiary/aromatic N) is 2. The number of halogens is 6. The van der Waals surface area contributed by atoms with Crippen LogP contribution in [0.5, 0.6) is 0 Å². The number of benzene rings is 1. The first-order valence-electron chi connectivity index (χ1n) is 11.4. The molecule has 2 saturated heterocycles. The molecule has 38 heavy (non-hydrogen) atoms. The van der Waals surface area contributed by atoms with Crippen molar-refractivity contribution in [1.29, 1.82) is 5.41 Å². The van der Waals surface area contributed by atoms with Gasteiger partial charge in [-0.25, -0.2) is 9.37 Å². The number of anilines is 1. The van der Waals surface area contributed by atoms with Crippen molar-refractivity contribution in [3.05, 3.63) is 58.1 Å². The summed E-state index contributed by atoms with van der Waals surface area (Å²) in [6.07, 6.45) is -3.42. The van der Waals surface area contributed by atoms with Gasteiger partial charge in [0.2, 0.25) is 5.91 Å². The molecule has 8 nitrogen and oxygen atoms in total. The molecular formula is C24H25Cl2F4N5O3. The zero-order chi connectivity index (χ0) is 27.1. The second kappa shape index (κ2) is 11.0. The van der Waals surface area contributed by atoms with Gasteiger partial charge in [0.15, 0.2) is 5.96 Å². The van der Waals surface area contributed by atoms with Gasteiger partial charge in [0.25, 0.3) is 5.91 Å². The smallest absolute Gasteiger partial charge is 0.378 e. The number of guanidine groups is 1. The fraction of sp³-hybridized carbons (Fsp3) is 0.417. The zero-order valence-corrected chi connectivity index (χ0v) is 21.9. The molecule has 0 unspecified atom stereocenters. The molecule has 2 fully saturated rings. The van der Waals surface area contributed by atoms with Gasteiger partial charge in [-0.2, -0.15) is 13.2 Å². The van der Waals surface area contributed by atoms with Crippen molar-refractivity contribution < 1.29 is 31.9 Å². The summed E-state index contributed by atoms with van der Waals surface area (Å²) in [5.74, 6) is -2.87. The highest BCUT2D eigenvalue weighted by atomic mass is 35.5. The SMILES string of the molecule is C[C@@H]1C[C@H](N2C(=N)N[C@](C)(c3cccc(NC(=O)c4ncc(F)cc4C(F)(F)F)c3Cl)CC2=O)CCO1.Cl. The number of amides is 2. The van der Waals surface area contributed by atoms with Gasteiger partial charge in [-0.05, 0) is 44.4 Å². The van der Waals surface area contributed by atoms with Crippen LogP contribution in [0.1, 0.15) is 54.7 Å². The van der Waals surface area contributed by atoms with E-state index in [4.69, 9.17) is 21.7 Å². The fourth-order valence-electron chi connectivity index (χ4n) is 4.71. The summed E-state index contributed by atoms with van der Waals surface area (Å²) in [6, 6.07) is 4.47. The largest absolute Gasteiger partial charge is 0.418 e. The highest BCUT2D eigenvalue weighted by Crippen LogP contribution is 2.39. The van der Waals surface area contributed by atoms with Crippen LogP contribution in [0.4, 0.5) is 23.2 Å². The molecule has 2 amide bonds. The second-order valence-corrected chi connectivity index (χ2v) is 9.65. The van der Waals surface area contributed by atoms with E-state index in [1.165, 1.54) is 17.0 Å². The number of carbonyl (C=O) groups excluding carboxylic acids is 2. The standard InChI is InChI=1S/C24H24ClF4N5O3.ClH/c1-12-8-14(6-7-37-12)34-18(35)10-23(2,33-22(34)30)15-4-3-5-17(19(15)25)32-21(36)20-16(24(27,28)29)9-13(26)11-31-20;/h3-5,9,11-12,14H,6-8,10H2,1-2H3,(H2,30,33)(H,32,36);1H/t12-,14-,23+;/m1./s1. The lowest BCUT2D eigenvalue weighted by Gasteiger charge is -2.45. The van der Waals surface area contributed by atoms with E-state index in [-0.39, 0.29) is 59.6 Å². The summed E-state index contributed by atoms with van der Waals surface area (Å²) in [7, 11) is 0. The number of nitrogens with one attached hydrogen (secondary N) is 3. The van der Waals surface area contributed by atoms with Crippen molar-refractivity contribution in [2.75, 3.05) is 11.9 Å². The molecule has 0 radical (unpaired) electrons. The van der Waals surface area contributed by atoms with Crippen molar-refractivity contribution >= 4 is 47.5 Å². The Morgan fingerprint density at radius 2 is 2.08 bits per heavy atom. The van der Waals surface area contributed by atoms with E-state index in [2.05, 4.69) is 15.6 Å². The highest BCUT2D eigenvalue weighted by molar-refractivity contribution is 6.35. The molecule has 0 saturated carbocycles. The Morgan fingerprint density at radius 3 is 2.71 bits per heavy atom. The first-order chi connectivity index (χ1) is 17.3. The number of alkyl halides is 3. The summed E-state index contributed by atoms with van der Waals surface area (Å²) < 4.78 is 58.9. The maximum atomic E-state index is 13.4. The molecule has 0 spiro atoms. The first-order valence-corrected chi connectivity index (χ1v) is 11.8. The molecule has 0 aliphatic carbocycles. The number of aromatic nitrogens is 1. The van der Waals surface area contributed by atoms with Crippen LogP contribution in [0.25, 0.3) is 0 Å². The predicted molar refractivity (Wildman–Crippen MR) is 134 cm³/mol. The molecule has 4 rings (SSSR count). The third-order valence-corrected chi connectivity index (χ3v) is 6.85. The van der Waals surface area contributed by atoms with Gasteiger partial charge in [0.1, 0.15) is 11.5 Å².